The molecule has 0 atom stereocenters. The second-order valence-corrected chi connectivity index (χ2v) is 10.5. The zero-order valence-corrected chi connectivity index (χ0v) is 21.2. The zero-order chi connectivity index (χ0) is 26.6. The van der Waals surface area contributed by atoms with Crippen molar-refractivity contribution in [2.75, 3.05) is 0 Å². The largest absolute Gasteiger partial charge is 0.416 e. The molecular weight excluding hydrogens is 513 g/mol. The van der Waals surface area contributed by atoms with Gasteiger partial charge in [-0.05, 0) is 82.1 Å². The fourth-order valence-electron chi connectivity index (χ4n) is 4.96. The molecule has 0 unspecified atom stereocenters. The number of thiophene rings is 1. The number of hydrogen-bond acceptors (Lipinski definition) is 3. The number of benzene rings is 4. The van der Waals surface area contributed by atoms with E-state index in [1.165, 1.54) is 22.2 Å². The van der Waals surface area contributed by atoms with Crippen LogP contribution in [0.4, 0.5) is 13.2 Å². The summed E-state index contributed by atoms with van der Waals surface area (Å²) in [5.74, 6) is 0. The van der Waals surface area contributed by atoms with E-state index in [1.807, 2.05) is 54.9 Å². The van der Waals surface area contributed by atoms with E-state index in [-0.39, 0.29) is 0 Å². The SMILES string of the molecule is FC(F)(F)c1ccc(-c2ccc3cc(-c4ccc(-c5ccc6sc7ncccc7c6c5)nc4)ccc3c2)cc1. The van der Waals surface area contributed by atoms with Crippen molar-refractivity contribution < 1.29 is 13.2 Å². The predicted molar refractivity (Wildman–Crippen MR) is 154 cm³/mol. The number of hydrogen-bond donors (Lipinski definition) is 0. The molecule has 0 fully saturated rings. The van der Waals surface area contributed by atoms with Crippen molar-refractivity contribution in [3.63, 3.8) is 0 Å². The van der Waals surface area contributed by atoms with Crippen molar-refractivity contribution in [2.45, 2.75) is 6.18 Å². The number of halogens is 3. The van der Waals surface area contributed by atoms with E-state index >= 15 is 0 Å². The molecule has 3 aromatic heterocycles. The highest BCUT2D eigenvalue weighted by Gasteiger charge is 2.30. The second-order valence-electron chi connectivity index (χ2n) is 9.45. The molecule has 0 saturated heterocycles. The Morgan fingerprint density at radius 3 is 1.92 bits per heavy atom. The van der Waals surface area contributed by atoms with Gasteiger partial charge in [-0.3, -0.25) is 4.98 Å². The molecule has 0 spiro atoms. The smallest absolute Gasteiger partial charge is 0.256 e. The first-order valence-electron chi connectivity index (χ1n) is 12.4. The number of aromatic nitrogens is 2. The molecule has 0 saturated carbocycles. The van der Waals surface area contributed by atoms with Gasteiger partial charge in [-0.25, -0.2) is 4.98 Å². The van der Waals surface area contributed by atoms with E-state index in [0.29, 0.717) is 0 Å². The summed E-state index contributed by atoms with van der Waals surface area (Å²) in [5, 5.41) is 4.42. The lowest BCUT2D eigenvalue weighted by Crippen LogP contribution is -2.03. The van der Waals surface area contributed by atoms with Gasteiger partial charge < -0.3 is 0 Å². The van der Waals surface area contributed by atoms with E-state index in [4.69, 9.17) is 4.98 Å². The number of nitrogens with zero attached hydrogens (tertiary/aromatic N) is 2. The van der Waals surface area contributed by atoms with Crippen LogP contribution in [0.2, 0.25) is 0 Å². The summed E-state index contributed by atoms with van der Waals surface area (Å²) in [4.78, 5) is 10.3. The van der Waals surface area contributed by atoms with Crippen LogP contribution in [-0.2, 0) is 6.18 Å². The first-order chi connectivity index (χ1) is 18.9. The van der Waals surface area contributed by atoms with Crippen LogP contribution in [0.1, 0.15) is 5.56 Å². The normalized spacial score (nSPS) is 12.0. The molecular formula is C33H19F3N2S. The fraction of sp³-hybridized carbons (Fsp3) is 0.0303. The van der Waals surface area contributed by atoms with Gasteiger partial charge in [-0.1, -0.05) is 48.5 Å². The van der Waals surface area contributed by atoms with Crippen LogP contribution >= 0.6 is 11.3 Å². The van der Waals surface area contributed by atoms with Gasteiger partial charge in [0.2, 0.25) is 0 Å². The predicted octanol–water partition coefficient (Wildman–Crippen LogP) is 10.0. The van der Waals surface area contributed by atoms with Gasteiger partial charge in [0, 0.05) is 39.0 Å². The van der Waals surface area contributed by atoms with Crippen LogP contribution in [0.25, 0.3) is 64.6 Å². The van der Waals surface area contributed by atoms with Crippen LogP contribution < -0.4 is 0 Å². The minimum Gasteiger partial charge on any atom is -0.256 e. The van der Waals surface area contributed by atoms with Crippen LogP contribution in [0.15, 0.2) is 116 Å². The Labute approximate surface area is 226 Å². The van der Waals surface area contributed by atoms with Gasteiger partial charge in [0.25, 0.3) is 0 Å². The minimum atomic E-state index is -4.34. The molecule has 188 valence electrons. The molecule has 7 rings (SSSR count). The van der Waals surface area contributed by atoms with E-state index in [2.05, 4.69) is 41.4 Å². The molecule has 0 N–H and O–H groups in total. The first kappa shape index (κ1) is 23.6. The lowest BCUT2D eigenvalue weighted by Gasteiger charge is -2.09. The third-order valence-corrected chi connectivity index (χ3v) is 8.12. The van der Waals surface area contributed by atoms with Crippen molar-refractivity contribution in [1.82, 2.24) is 9.97 Å². The standard InChI is InChI=1S/C33H19F3N2S/c34-33(35,36)27-11-7-20(8-12-27)21-3-4-23-17-24(6-5-22(23)16-21)26-9-13-30(38-19-26)25-10-14-31-29(18-25)28-2-1-15-37-32(28)39-31/h1-19H. The Balaban J connectivity index is 1.17. The van der Waals surface area contributed by atoms with Crippen molar-refractivity contribution in [2.24, 2.45) is 0 Å². The summed E-state index contributed by atoms with van der Waals surface area (Å²) < 4.78 is 39.9. The van der Waals surface area contributed by atoms with Crippen molar-refractivity contribution in [1.29, 1.82) is 0 Å². The quantitative estimate of drug-likeness (QED) is 0.226. The Kier molecular flexibility index (Phi) is 5.46. The maximum absolute atomic E-state index is 12.9. The summed E-state index contributed by atoms with van der Waals surface area (Å²) in [6.07, 6.45) is -0.621. The Hall–Kier alpha value is -4.55. The van der Waals surface area contributed by atoms with Gasteiger partial charge in [-0.15, -0.1) is 11.3 Å². The molecule has 0 aliphatic carbocycles. The number of pyridine rings is 2. The van der Waals surface area contributed by atoms with Crippen molar-refractivity contribution >= 4 is 42.4 Å². The van der Waals surface area contributed by atoms with Gasteiger partial charge in [0.1, 0.15) is 4.83 Å². The summed E-state index contributed by atoms with van der Waals surface area (Å²) in [6, 6.07) is 32.0. The summed E-state index contributed by atoms with van der Waals surface area (Å²) in [5.41, 5.74) is 5.01. The second kappa shape index (κ2) is 9.03. The monoisotopic (exact) mass is 532 g/mol. The van der Waals surface area contributed by atoms with E-state index in [9.17, 15) is 13.2 Å². The van der Waals surface area contributed by atoms with E-state index in [0.717, 1.165) is 66.6 Å². The third-order valence-electron chi connectivity index (χ3n) is 7.03. The average Bonchev–Trinajstić information content (AvgIpc) is 3.34. The molecule has 4 aromatic carbocycles. The lowest BCUT2D eigenvalue weighted by molar-refractivity contribution is -0.137. The molecule has 0 aliphatic rings. The van der Waals surface area contributed by atoms with Gasteiger partial charge >= 0.3 is 6.18 Å². The highest BCUT2D eigenvalue weighted by atomic mass is 32.1. The maximum atomic E-state index is 12.9. The minimum absolute atomic E-state index is 0.644. The molecule has 39 heavy (non-hydrogen) atoms. The molecule has 2 nitrogen and oxygen atoms in total. The molecule has 6 heteroatoms. The summed E-state index contributed by atoms with van der Waals surface area (Å²) in [6.45, 7) is 0. The van der Waals surface area contributed by atoms with Gasteiger partial charge in [-0.2, -0.15) is 13.2 Å². The summed E-state index contributed by atoms with van der Waals surface area (Å²) in [7, 11) is 0. The molecule has 7 aromatic rings. The maximum Gasteiger partial charge on any atom is 0.416 e. The average molecular weight is 533 g/mol. The highest BCUT2D eigenvalue weighted by Crippen LogP contribution is 2.36. The molecule has 0 aliphatic heterocycles. The Morgan fingerprint density at radius 2 is 1.23 bits per heavy atom. The number of alkyl halides is 3. The first-order valence-corrected chi connectivity index (χ1v) is 13.2. The molecule has 3 heterocycles. The fourth-order valence-corrected chi connectivity index (χ4v) is 5.99. The number of rotatable bonds is 3. The lowest BCUT2D eigenvalue weighted by atomic mass is 9.97. The van der Waals surface area contributed by atoms with E-state index < -0.39 is 11.7 Å². The van der Waals surface area contributed by atoms with E-state index in [1.54, 1.807) is 11.3 Å². The van der Waals surface area contributed by atoms with Crippen molar-refractivity contribution in [3.05, 3.63) is 121 Å². The summed E-state index contributed by atoms with van der Waals surface area (Å²) >= 11 is 1.69. The molecule has 0 radical (unpaired) electrons. The topological polar surface area (TPSA) is 25.8 Å². The highest BCUT2D eigenvalue weighted by molar-refractivity contribution is 7.25. The third kappa shape index (κ3) is 4.33. The van der Waals surface area contributed by atoms with Gasteiger partial charge in [0.05, 0.1) is 11.3 Å². The molecule has 0 bridgehead atoms. The molecule has 0 amide bonds. The van der Waals surface area contributed by atoms with Crippen LogP contribution in [0, 0.1) is 0 Å². The Bertz CT molecular complexity index is 1990. The van der Waals surface area contributed by atoms with Crippen LogP contribution in [0.3, 0.4) is 0 Å². The Morgan fingerprint density at radius 1 is 0.564 bits per heavy atom. The van der Waals surface area contributed by atoms with Crippen LogP contribution in [-0.4, -0.2) is 9.97 Å². The number of fused-ring (bicyclic) bond motifs is 4. The zero-order valence-electron chi connectivity index (χ0n) is 20.4. The van der Waals surface area contributed by atoms with Crippen LogP contribution in [0.5, 0.6) is 0 Å². The van der Waals surface area contributed by atoms with Crippen molar-refractivity contribution in [3.8, 4) is 33.5 Å². The van der Waals surface area contributed by atoms with Gasteiger partial charge in [0.15, 0.2) is 0 Å².